The molecular weight excluding hydrogens is 222 g/mol. The number of aliphatic hydroxyl groups excluding tert-OH is 1. The summed E-state index contributed by atoms with van der Waals surface area (Å²) in [5.74, 6) is 0. The number of rotatable bonds is 4. The quantitative estimate of drug-likeness (QED) is 0.883. The van der Waals surface area contributed by atoms with E-state index in [-0.39, 0.29) is 6.10 Å². The summed E-state index contributed by atoms with van der Waals surface area (Å²) in [6, 6.07) is 9.32. The molecule has 2 unspecified atom stereocenters. The van der Waals surface area contributed by atoms with Crippen molar-refractivity contribution >= 4 is 0 Å². The van der Waals surface area contributed by atoms with Gasteiger partial charge in [-0.3, -0.25) is 4.90 Å². The van der Waals surface area contributed by atoms with Gasteiger partial charge in [0.25, 0.3) is 0 Å². The van der Waals surface area contributed by atoms with E-state index < -0.39 is 0 Å². The lowest BCUT2D eigenvalue weighted by atomic mass is 9.96. The molecule has 18 heavy (non-hydrogen) atoms. The Labute approximate surface area is 111 Å². The van der Waals surface area contributed by atoms with Crippen molar-refractivity contribution in [1.82, 2.24) is 4.90 Å². The third-order valence-electron chi connectivity index (χ3n) is 3.83. The number of benzene rings is 1. The third-order valence-corrected chi connectivity index (χ3v) is 3.83. The van der Waals surface area contributed by atoms with E-state index in [1.54, 1.807) is 0 Å². The van der Waals surface area contributed by atoms with Gasteiger partial charge in [-0.2, -0.15) is 0 Å². The van der Waals surface area contributed by atoms with Gasteiger partial charge in [-0.1, -0.05) is 36.2 Å². The van der Waals surface area contributed by atoms with Crippen molar-refractivity contribution in [2.75, 3.05) is 6.54 Å². The van der Waals surface area contributed by atoms with Crippen molar-refractivity contribution in [3.63, 3.8) is 0 Å². The van der Waals surface area contributed by atoms with Gasteiger partial charge in [-0.05, 0) is 45.2 Å². The number of aliphatic hydroxyl groups is 1. The van der Waals surface area contributed by atoms with Crippen molar-refractivity contribution in [3.05, 3.63) is 35.4 Å². The SMILES string of the molecule is Cc1cccc(CN2CCCCC2CC(C)O)c1. The molecule has 1 fully saturated rings. The lowest BCUT2D eigenvalue weighted by molar-refractivity contribution is 0.0818. The second kappa shape index (κ2) is 6.35. The van der Waals surface area contributed by atoms with Gasteiger partial charge in [0.2, 0.25) is 0 Å². The largest absolute Gasteiger partial charge is 0.393 e. The predicted molar refractivity (Wildman–Crippen MR) is 75.5 cm³/mol. The third kappa shape index (κ3) is 3.82. The van der Waals surface area contributed by atoms with Crippen molar-refractivity contribution in [2.24, 2.45) is 0 Å². The van der Waals surface area contributed by atoms with Crippen LogP contribution in [0.5, 0.6) is 0 Å². The summed E-state index contributed by atoms with van der Waals surface area (Å²) in [5.41, 5.74) is 2.73. The van der Waals surface area contributed by atoms with Crippen LogP contribution in [0.1, 0.15) is 43.7 Å². The Morgan fingerprint density at radius 2 is 2.22 bits per heavy atom. The normalized spacial score (nSPS) is 22.9. The summed E-state index contributed by atoms with van der Waals surface area (Å²) < 4.78 is 0. The smallest absolute Gasteiger partial charge is 0.0527 e. The maximum Gasteiger partial charge on any atom is 0.0527 e. The average molecular weight is 247 g/mol. The molecule has 0 aromatic heterocycles. The molecule has 100 valence electrons. The van der Waals surface area contributed by atoms with Crippen LogP contribution >= 0.6 is 0 Å². The Hall–Kier alpha value is -0.860. The molecule has 0 radical (unpaired) electrons. The first-order chi connectivity index (χ1) is 8.65. The molecule has 2 heteroatoms. The molecule has 1 aliphatic heterocycles. The molecule has 1 N–H and O–H groups in total. The van der Waals surface area contributed by atoms with Gasteiger partial charge in [0.1, 0.15) is 0 Å². The molecule has 0 amide bonds. The van der Waals surface area contributed by atoms with E-state index in [4.69, 9.17) is 0 Å². The van der Waals surface area contributed by atoms with Crippen LogP contribution in [0, 0.1) is 6.92 Å². The summed E-state index contributed by atoms with van der Waals surface area (Å²) >= 11 is 0. The van der Waals surface area contributed by atoms with Crippen molar-refractivity contribution in [2.45, 2.75) is 58.2 Å². The maximum absolute atomic E-state index is 9.61. The van der Waals surface area contributed by atoms with E-state index in [9.17, 15) is 5.11 Å². The Morgan fingerprint density at radius 3 is 2.94 bits per heavy atom. The highest BCUT2D eigenvalue weighted by molar-refractivity contribution is 5.22. The summed E-state index contributed by atoms with van der Waals surface area (Å²) in [6.45, 7) is 6.25. The first-order valence-electron chi connectivity index (χ1n) is 7.13. The molecule has 2 nitrogen and oxygen atoms in total. The van der Waals surface area contributed by atoms with Gasteiger partial charge in [-0.15, -0.1) is 0 Å². The molecule has 0 bridgehead atoms. The van der Waals surface area contributed by atoms with Crippen LogP contribution in [0.25, 0.3) is 0 Å². The molecule has 1 saturated heterocycles. The number of aryl methyl sites for hydroxylation is 1. The Morgan fingerprint density at radius 1 is 1.39 bits per heavy atom. The number of nitrogens with zero attached hydrogens (tertiary/aromatic N) is 1. The standard InChI is InChI=1S/C16H25NO/c1-13-6-5-7-15(10-13)12-17-9-4-3-8-16(17)11-14(2)18/h5-7,10,14,16,18H,3-4,8-9,11-12H2,1-2H3. The maximum atomic E-state index is 9.61. The van der Waals surface area contributed by atoms with Crippen LogP contribution in [0.4, 0.5) is 0 Å². The highest BCUT2D eigenvalue weighted by Crippen LogP contribution is 2.23. The summed E-state index contributed by atoms with van der Waals surface area (Å²) in [7, 11) is 0. The lowest BCUT2D eigenvalue weighted by Gasteiger charge is -2.36. The van der Waals surface area contributed by atoms with Crippen molar-refractivity contribution in [1.29, 1.82) is 0 Å². The van der Waals surface area contributed by atoms with Gasteiger partial charge in [0, 0.05) is 12.6 Å². The molecule has 1 heterocycles. The Kier molecular flexibility index (Phi) is 4.79. The van der Waals surface area contributed by atoms with E-state index in [0.717, 1.165) is 13.0 Å². The summed E-state index contributed by atoms with van der Waals surface area (Å²) in [4.78, 5) is 2.55. The van der Waals surface area contributed by atoms with Gasteiger partial charge in [0.15, 0.2) is 0 Å². The zero-order valence-electron chi connectivity index (χ0n) is 11.6. The molecular formula is C16H25NO. The average Bonchev–Trinajstić information content (AvgIpc) is 2.31. The van der Waals surface area contributed by atoms with Gasteiger partial charge in [-0.25, -0.2) is 0 Å². The Balaban J connectivity index is 2.00. The molecule has 1 aliphatic rings. The zero-order valence-corrected chi connectivity index (χ0v) is 11.6. The number of likely N-dealkylation sites (tertiary alicyclic amines) is 1. The number of piperidine rings is 1. The van der Waals surface area contributed by atoms with E-state index in [0.29, 0.717) is 6.04 Å². The molecule has 1 aromatic rings. The molecule has 0 aliphatic carbocycles. The lowest BCUT2D eigenvalue weighted by Crippen LogP contribution is -2.40. The fraction of sp³-hybridized carbons (Fsp3) is 0.625. The molecule has 2 rings (SSSR count). The molecule has 2 atom stereocenters. The first-order valence-corrected chi connectivity index (χ1v) is 7.13. The minimum absolute atomic E-state index is 0.187. The number of hydrogen-bond acceptors (Lipinski definition) is 2. The van der Waals surface area contributed by atoms with Gasteiger partial charge in [0.05, 0.1) is 6.10 Å². The summed E-state index contributed by atoms with van der Waals surface area (Å²) in [6.07, 6.45) is 4.56. The van der Waals surface area contributed by atoms with E-state index in [1.165, 1.54) is 36.9 Å². The van der Waals surface area contributed by atoms with Crippen LogP contribution < -0.4 is 0 Å². The second-order valence-corrected chi connectivity index (χ2v) is 5.69. The van der Waals surface area contributed by atoms with Crippen LogP contribution in [-0.2, 0) is 6.54 Å². The van der Waals surface area contributed by atoms with E-state index in [2.05, 4.69) is 36.1 Å². The van der Waals surface area contributed by atoms with Gasteiger partial charge < -0.3 is 5.11 Å². The summed E-state index contributed by atoms with van der Waals surface area (Å²) in [5, 5.41) is 9.61. The minimum atomic E-state index is -0.187. The zero-order chi connectivity index (χ0) is 13.0. The topological polar surface area (TPSA) is 23.5 Å². The number of hydrogen-bond donors (Lipinski definition) is 1. The van der Waals surface area contributed by atoms with Crippen LogP contribution in [0.15, 0.2) is 24.3 Å². The van der Waals surface area contributed by atoms with Gasteiger partial charge >= 0.3 is 0 Å². The van der Waals surface area contributed by atoms with Crippen LogP contribution in [0.2, 0.25) is 0 Å². The minimum Gasteiger partial charge on any atom is -0.393 e. The molecule has 1 aromatic carbocycles. The Bertz CT molecular complexity index is 375. The second-order valence-electron chi connectivity index (χ2n) is 5.69. The monoisotopic (exact) mass is 247 g/mol. The highest BCUT2D eigenvalue weighted by atomic mass is 16.3. The molecule has 0 saturated carbocycles. The molecule has 0 spiro atoms. The highest BCUT2D eigenvalue weighted by Gasteiger charge is 2.23. The van der Waals surface area contributed by atoms with E-state index in [1.807, 2.05) is 6.92 Å². The van der Waals surface area contributed by atoms with E-state index >= 15 is 0 Å². The van der Waals surface area contributed by atoms with Crippen molar-refractivity contribution < 1.29 is 5.11 Å². The predicted octanol–water partition coefficient (Wildman–Crippen LogP) is 3.12. The fourth-order valence-corrected chi connectivity index (χ4v) is 2.97. The van der Waals surface area contributed by atoms with Crippen LogP contribution in [0.3, 0.4) is 0 Å². The first kappa shape index (κ1) is 13.6. The van der Waals surface area contributed by atoms with Crippen molar-refractivity contribution in [3.8, 4) is 0 Å². The fourth-order valence-electron chi connectivity index (χ4n) is 2.97. The van der Waals surface area contributed by atoms with Crippen LogP contribution in [-0.4, -0.2) is 28.7 Å².